The average molecular weight is 725 g/mol. The van der Waals surface area contributed by atoms with Crippen molar-refractivity contribution in [3.63, 3.8) is 0 Å². The summed E-state index contributed by atoms with van der Waals surface area (Å²) in [6, 6.07) is 72.3. The predicted octanol–water partition coefficient (Wildman–Crippen LogP) is 14.1. The highest BCUT2D eigenvalue weighted by Gasteiger charge is 2.16. The van der Waals surface area contributed by atoms with Gasteiger partial charge in [0.25, 0.3) is 0 Å². The number of hydrogen-bond donors (Lipinski definition) is 0. The molecular formula is C50H36N4S. The lowest BCUT2D eigenvalue weighted by Gasteiger charge is -2.25. The van der Waals surface area contributed by atoms with E-state index in [0.717, 1.165) is 78.5 Å². The first-order chi connectivity index (χ1) is 27.3. The van der Waals surface area contributed by atoms with Crippen LogP contribution in [0.3, 0.4) is 0 Å². The quantitative estimate of drug-likeness (QED) is 0.131. The molecule has 0 saturated heterocycles. The molecule has 0 fully saturated rings. The molecule has 0 bridgehead atoms. The van der Waals surface area contributed by atoms with Crippen molar-refractivity contribution in [3.8, 4) is 22.3 Å². The second-order valence-corrected chi connectivity index (χ2v) is 13.8. The Bertz CT molecular complexity index is 2580. The van der Waals surface area contributed by atoms with Crippen LogP contribution >= 0.6 is 11.7 Å². The summed E-state index contributed by atoms with van der Waals surface area (Å²) >= 11 is 1.26. The third-order valence-corrected chi connectivity index (χ3v) is 10.3. The first-order valence-electron chi connectivity index (χ1n) is 18.3. The Labute approximate surface area is 325 Å². The molecule has 0 radical (unpaired) electrons. The van der Waals surface area contributed by atoms with Crippen LogP contribution in [0.5, 0.6) is 0 Å². The lowest BCUT2D eigenvalue weighted by molar-refractivity contribution is 1.28. The third kappa shape index (κ3) is 7.17. The van der Waals surface area contributed by atoms with Crippen molar-refractivity contribution >= 4 is 69.0 Å². The molecule has 0 atom stereocenters. The minimum Gasteiger partial charge on any atom is -0.311 e. The zero-order valence-corrected chi connectivity index (χ0v) is 30.8. The maximum absolute atomic E-state index is 4.77. The number of nitrogens with zero attached hydrogens (tertiary/aromatic N) is 4. The molecule has 0 aliphatic rings. The number of anilines is 6. The number of para-hydroxylation sites is 4. The summed E-state index contributed by atoms with van der Waals surface area (Å²) in [6.45, 7) is 0. The van der Waals surface area contributed by atoms with E-state index in [9.17, 15) is 0 Å². The first-order valence-corrected chi connectivity index (χ1v) is 19.1. The fraction of sp³-hybridized carbons (Fsp3) is 0. The van der Waals surface area contributed by atoms with Crippen molar-refractivity contribution in [3.05, 3.63) is 217 Å². The van der Waals surface area contributed by atoms with Crippen molar-refractivity contribution < 1.29 is 0 Å². The van der Waals surface area contributed by atoms with Crippen molar-refractivity contribution in [1.29, 1.82) is 0 Å². The molecule has 0 saturated carbocycles. The van der Waals surface area contributed by atoms with Crippen LogP contribution in [-0.4, -0.2) is 8.75 Å². The lowest BCUT2D eigenvalue weighted by atomic mass is 9.97. The number of hydrogen-bond acceptors (Lipinski definition) is 5. The molecular weight excluding hydrogens is 689 g/mol. The van der Waals surface area contributed by atoms with Crippen LogP contribution in [0.15, 0.2) is 206 Å². The number of aromatic nitrogens is 2. The first kappa shape index (κ1) is 33.7. The largest absolute Gasteiger partial charge is 0.311 e. The smallest absolute Gasteiger partial charge is 0.113 e. The highest BCUT2D eigenvalue weighted by Crippen LogP contribution is 2.39. The van der Waals surface area contributed by atoms with Crippen LogP contribution in [0.1, 0.15) is 11.1 Å². The minimum atomic E-state index is 0.920. The Kier molecular flexibility index (Phi) is 9.50. The molecule has 0 aliphatic heterocycles. The maximum Gasteiger partial charge on any atom is 0.113 e. The molecule has 55 heavy (non-hydrogen) atoms. The fourth-order valence-corrected chi connectivity index (χ4v) is 7.60. The van der Waals surface area contributed by atoms with Crippen LogP contribution in [0.25, 0.3) is 45.4 Å². The molecule has 0 amide bonds. The van der Waals surface area contributed by atoms with Crippen LogP contribution in [0.4, 0.5) is 34.1 Å². The monoisotopic (exact) mass is 724 g/mol. The Balaban J connectivity index is 0.934. The van der Waals surface area contributed by atoms with Gasteiger partial charge in [-0.25, -0.2) is 0 Å². The topological polar surface area (TPSA) is 32.3 Å². The van der Waals surface area contributed by atoms with E-state index < -0.39 is 0 Å². The second-order valence-electron chi connectivity index (χ2n) is 13.2. The molecule has 1 heterocycles. The van der Waals surface area contributed by atoms with Crippen LogP contribution in [0, 0.1) is 0 Å². The summed E-state index contributed by atoms with van der Waals surface area (Å²) in [7, 11) is 0. The van der Waals surface area contributed by atoms with Crippen molar-refractivity contribution in [2.45, 2.75) is 0 Å². The third-order valence-electron chi connectivity index (χ3n) is 9.75. The van der Waals surface area contributed by atoms with Crippen molar-refractivity contribution in [2.75, 3.05) is 9.80 Å². The van der Waals surface area contributed by atoms with E-state index >= 15 is 0 Å². The highest BCUT2D eigenvalue weighted by molar-refractivity contribution is 7.00. The van der Waals surface area contributed by atoms with Gasteiger partial charge in [0.1, 0.15) is 11.0 Å². The zero-order chi connectivity index (χ0) is 36.8. The van der Waals surface area contributed by atoms with Gasteiger partial charge in [0.05, 0.1) is 11.7 Å². The Morgan fingerprint density at radius 1 is 0.309 bits per heavy atom. The number of fused-ring (bicyclic) bond motifs is 1. The van der Waals surface area contributed by atoms with Gasteiger partial charge < -0.3 is 9.80 Å². The molecule has 0 aliphatic carbocycles. The van der Waals surface area contributed by atoms with Crippen molar-refractivity contribution in [1.82, 2.24) is 8.75 Å². The second kappa shape index (κ2) is 15.5. The molecule has 8 aromatic carbocycles. The average Bonchev–Trinajstić information content (AvgIpc) is 3.76. The van der Waals surface area contributed by atoms with Crippen LogP contribution in [-0.2, 0) is 0 Å². The summed E-state index contributed by atoms with van der Waals surface area (Å²) in [5.41, 5.74) is 15.2. The molecule has 0 N–H and O–H groups in total. The Morgan fingerprint density at radius 3 is 0.964 bits per heavy atom. The van der Waals surface area contributed by atoms with E-state index in [0.29, 0.717) is 0 Å². The molecule has 5 heteroatoms. The van der Waals surface area contributed by atoms with Gasteiger partial charge >= 0.3 is 0 Å². The van der Waals surface area contributed by atoms with Gasteiger partial charge in [-0.15, -0.1) is 0 Å². The van der Waals surface area contributed by atoms with Crippen LogP contribution < -0.4 is 9.80 Å². The summed E-state index contributed by atoms with van der Waals surface area (Å²) < 4.78 is 9.54. The van der Waals surface area contributed by atoms with E-state index in [1.165, 1.54) is 11.7 Å². The highest BCUT2D eigenvalue weighted by atomic mass is 32.1. The molecule has 262 valence electrons. The van der Waals surface area contributed by atoms with Gasteiger partial charge in [-0.3, -0.25) is 0 Å². The van der Waals surface area contributed by atoms with Gasteiger partial charge in [-0.1, -0.05) is 146 Å². The van der Waals surface area contributed by atoms with E-state index in [1.54, 1.807) is 0 Å². The van der Waals surface area contributed by atoms with Gasteiger partial charge in [-0.05, 0) is 95.1 Å². The molecule has 0 spiro atoms. The lowest BCUT2D eigenvalue weighted by Crippen LogP contribution is -2.09. The summed E-state index contributed by atoms with van der Waals surface area (Å²) in [6.07, 6.45) is 4.32. The van der Waals surface area contributed by atoms with Gasteiger partial charge in [0.15, 0.2) is 0 Å². The van der Waals surface area contributed by atoms with E-state index in [4.69, 9.17) is 8.75 Å². The standard InChI is InChI=1S/C50H36N4S/c1-5-13-41(14-6-1)53(42-15-7-2-8-16-42)45-31-25-38(26-32-45)22-21-37-23-27-39(28-24-37)47-35-36-48(50-49(47)51-55-52-50)40-29-33-46(34-30-40)54(43-17-9-3-10-18-43)44-19-11-4-12-20-44/h1-36H/b22-21+. The Morgan fingerprint density at radius 2 is 0.600 bits per heavy atom. The molecule has 4 nitrogen and oxygen atoms in total. The van der Waals surface area contributed by atoms with Crippen LogP contribution in [0.2, 0.25) is 0 Å². The number of rotatable bonds is 10. The van der Waals surface area contributed by atoms with Gasteiger partial charge in [0, 0.05) is 45.3 Å². The summed E-state index contributed by atoms with van der Waals surface area (Å²) in [4.78, 5) is 4.55. The van der Waals surface area contributed by atoms with Gasteiger partial charge in [0.2, 0.25) is 0 Å². The van der Waals surface area contributed by atoms with Crippen molar-refractivity contribution in [2.24, 2.45) is 0 Å². The number of benzene rings is 8. The Hall–Kier alpha value is -7.08. The SMILES string of the molecule is C(=C\c1ccc(N(c2ccccc2)c2ccccc2)cc1)/c1ccc(-c2ccc(-c3ccc(N(c4ccccc4)c4ccccc4)cc3)c3nsnc23)cc1. The summed E-state index contributed by atoms with van der Waals surface area (Å²) in [5.74, 6) is 0. The fourth-order valence-electron chi connectivity index (χ4n) is 7.03. The maximum atomic E-state index is 4.77. The van der Waals surface area contributed by atoms with E-state index in [-0.39, 0.29) is 0 Å². The summed E-state index contributed by atoms with van der Waals surface area (Å²) in [5, 5.41) is 0. The zero-order valence-electron chi connectivity index (χ0n) is 30.0. The molecule has 1 aromatic heterocycles. The van der Waals surface area contributed by atoms with Gasteiger partial charge in [-0.2, -0.15) is 8.75 Å². The molecule has 0 unspecified atom stereocenters. The normalized spacial score (nSPS) is 11.2. The van der Waals surface area contributed by atoms with E-state index in [1.807, 2.05) is 24.3 Å². The minimum absolute atomic E-state index is 0.920. The van der Waals surface area contributed by atoms with E-state index in [2.05, 4.69) is 204 Å². The molecule has 9 rings (SSSR count). The predicted molar refractivity (Wildman–Crippen MR) is 233 cm³/mol. The molecule has 9 aromatic rings.